The third-order valence-electron chi connectivity index (χ3n) is 11.5. The summed E-state index contributed by atoms with van der Waals surface area (Å²) in [6.07, 6.45) is 28.7. The summed E-state index contributed by atoms with van der Waals surface area (Å²) in [5, 5.41) is 0. The van der Waals surface area contributed by atoms with Crippen molar-refractivity contribution in [1.82, 2.24) is 9.97 Å². The molecule has 62 heavy (non-hydrogen) atoms. The summed E-state index contributed by atoms with van der Waals surface area (Å²) in [5.41, 5.74) is 4.80. The van der Waals surface area contributed by atoms with Crippen LogP contribution in [0.25, 0.3) is 33.5 Å². The Balaban J connectivity index is 1.70. The molecule has 0 aliphatic carbocycles. The second-order valence-corrected chi connectivity index (χ2v) is 16.9. The van der Waals surface area contributed by atoms with Crippen molar-refractivity contribution in [2.75, 3.05) is 33.5 Å². The zero-order chi connectivity index (χ0) is 44.0. The van der Waals surface area contributed by atoms with Gasteiger partial charge in [-0.1, -0.05) is 156 Å². The van der Waals surface area contributed by atoms with Crippen molar-refractivity contribution >= 4 is 17.0 Å². The second-order valence-electron chi connectivity index (χ2n) is 16.9. The number of carbonyl (C=O) groups is 1. The van der Waals surface area contributed by atoms with Gasteiger partial charge in [-0.2, -0.15) is 0 Å². The van der Waals surface area contributed by atoms with E-state index in [1.165, 1.54) is 110 Å². The molecule has 0 radical (unpaired) electrons. The van der Waals surface area contributed by atoms with Crippen molar-refractivity contribution in [1.29, 1.82) is 0 Å². The van der Waals surface area contributed by atoms with E-state index in [2.05, 4.69) is 39.8 Å². The van der Waals surface area contributed by atoms with Gasteiger partial charge in [-0.25, -0.2) is 14.8 Å². The molecule has 0 N–H and O–H groups in total. The summed E-state index contributed by atoms with van der Waals surface area (Å²) in [6.45, 7) is 11.5. The third kappa shape index (κ3) is 17.8. The summed E-state index contributed by atoms with van der Waals surface area (Å²) < 4.78 is 31.0. The molecule has 3 aromatic carbocycles. The van der Waals surface area contributed by atoms with Crippen LogP contribution in [-0.4, -0.2) is 49.5 Å². The molecule has 1 heterocycles. The van der Waals surface area contributed by atoms with Gasteiger partial charge in [0, 0.05) is 11.1 Å². The molecule has 0 spiro atoms. The number of rotatable bonds is 35. The lowest BCUT2D eigenvalue weighted by Crippen LogP contribution is -2.05. The zero-order valence-corrected chi connectivity index (χ0v) is 39.3. The Morgan fingerprint density at radius 1 is 0.403 bits per heavy atom. The van der Waals surface area contributed by atoms with Crippen LogP contribution in [0.1, 0.15) is 192 Å². The van der Waals surface area contributed by atoms with E-state index in [9.17, 15) is 4.79 Å². The van der Waals surface area contributed by atoms with Gasteiger partial charge in [-0.05, 0) is 80.3 Å². The van der Waals surface area contributed by atoms with Crippen molar-refractivity contribution in [2.24, 2.45) is 0 Å². The van der Waals surface area contributed by atoms with Gasteiger partial charge in [0.1, 0.15) is 0 Å². The first kappa shape index (κ1) is 50.3. The Morgan fingerprint density at radius 3 is 1.15 bits per heavy atom. The van der Waals surface area contributed by atoms with Gasteiger partial charge >= 0.3 is 5.97 Å². The van der Waals surface area contributed by atoms with Crippen LogP contribution in [-0.2, 0) is 4.74 Å². The summed E-state index contributed by atoms with van der Waals surface area (Å²) in [7, 11) is 1.39. The molecule has 0 saturated carbocycles. The summed E-state index contributed by atoms with van der Waals surface area (Å²) in [4.78, 5) is 23.1. The molecule has 0 bridgehead atoms. The minimum Gasteiger partial charge on any atom is -0.490 e. The van der Waals surface area contributed by atoms with Gasteiger partial charge in [-0.15, -0.1) is 0 Å². The molecule has 0 fully saturated rings. The third-order valence-corrected chi connectivity index (χ3v) is 11.5. The number of nitrogens with zero attached hydrogens (tertiary/aromatic N) is 2. The maximum absolute atomic E-state index is 12.6. The Bertz CT molecular complexity index is 1840. The fourth-order valence-electron chi connectivity index (χ4n) is 7.73. The smallest absolute Gasteiger partial charge is 0.337 e. The van der Waals surface area contributed by atoms with E-state index in [1.54, 1.807) is 12.1 Å². The molecule has 0 unspecified atom stereocenters. The lowest BCUT2D eigenvalue weighted by Gasteiger charge is -2.17. The molecule has 0 atom stereocenters. The molecule has 8 nitrogen and oxygen atoms in total. The van der Waals surface area contributed by atoms with Crippen molar-refractivity contribution in [3.8, 4) is 45.5 Å². The zero-order valence-electron chi connectivity index (χ0n) is 39.3. The summed E-state index contributed by atoms with van der Waals surface area (Å²) >= 11 is 0. The van der Waals surface area contributed by atoms with Crippen molar-refractivity contribution < 1.29 is 28.5 Å². The van der Waals surface area contributed by atoms with Crippen LogP contribution in [0.5, 0.6) is 23.0 Å². The van der Waals surface area contributed by atoms with Gasteiger partial charge in [0.25, 0.3) is 0 Å². The quantitative estimate of drug-likeness (QED) is 0.0334. The highest BCUT2D eigenvalue weighted by Gasteiger charge is 2.20. The SMILES string of the molecule is CCCCCCCCOc1ccc(-c2nc3ccc(C(=O)OC)cc3nc2-c2ccc(OCCCCCCCC)c(OCCCCCCCC)c2)cc1OCCCCCCCC. The number of hydrogen-bond donors (Lipinski definition) is 0. The van der Waals surface area contributed by atoms with Gasteiger partial charge in [0.05, 0.1) is 61.5 Å². The van der Waals surface area contributed by atoms with Crippen molar-refractivity contribution in [3.05, 3.63) is 60.2 Å². The number of esters is 1. The predicted molar refractivity (Wildman–Crippen MR) is 257 cm³/mol. The largest absolute Gasteiger partial charge is 0.490 e. The Morgan fingerprint density at radius 2 is 0.758 bits per heavy atom. The fourth-order valence-corrected chi connectivity index (χ4v) is 7.73. The molecule has 8 heteroatoms. The number of benzene rings is 3. The molecule has 0 saturated heterocycles. The standard InChI is InChI=1S/C54H80N2O6/c1-6-10-14-18-22-26-36-59-48-34-31-43(41-50(48)61-38-28-24-20-16-12-8-3)52-53(56-47-40-45(54(57)58-5)30-33-46(47)55-52)44-32-35-49(60-37-27-23-19-15-11-7-2)51(42-44)62-39-29-25-21-17-13-9-4/h30-35,40-42H,6-29,36-39H2,1-5H3. The Kier molecular flexibility index (Phi) is 24.9. The molecule has 1 aromatic heterocycles. The summed E-state index contributed by atoms with van der Waals surface area (Å²) in [5.74, 6) is 2.51. The minimum atomic E-state index is -0.416. The lowest BCUT2D eigenvalue weighted by atomic mass is 10.0. The average molecular weight is 853 g/mol. The highest BCUT2D eigenvalue weighted by atomic mass is 16.5. The van der Waals surface area contributed by atoms with Crippen LogP contribution in [0.2, 0.25) is 0 Å². The van der Waals surface area contributed by atoms with Crippen LogP contribution in [0.15, 0.2) is 54.6 Å². The van der Waals surface area contributed by atoms with Crippen LogP contribution in [0, 0.1) is 0 Å². The molecule has 0 aliphatic heterocycles. The van der Waals surface area contributed by atoms with Gasteiger partial charge in [-0.3, -0.25) is 0 Å². The van der Waals surface area contributed by atoms with E-state index in [-0.39, 0.29) is 0 Å². The van der Waals surface area contributed by atoms with Gasteiger partial charge in [0.15, 0.2) is 23.0 Å². The highest BCUT2D eigenvalue weighted by molar-refractivity contribution is 5.95. The average Bonchev–Trinajstić information content (AvgIpc) is 3.30. The van der Waals surface area contributed by atoms with Crippen molar-refractivity contribution in [3.63, 3.8) is 0 Å². The molecule has 4 aromatic rings. The first-order chi connectivity index (χ1) is 30.5. The Hall–Kier alpha value is -4.33. The molecule has 0 aliphatic rings. The number of methoxy groups -OCH3 is 1. The van der Waals surface area contributed by atoms with Crippen LogP contribution in [0.4, 0.5) is 0 Å². The number of unbranched alkanes of at least 4 members (excludes halogenated alkanes) is 20. The number of carbonyl (C=O) groups excluding carboxylic acids is 1. The van der Waals surface area contributed by atoms with E-state index in [1.807, 2.05) is 30.3 Å². The fraction of sp³-hybridized carbons (Fsp3) is 0.611. The maximum Gasteiger partial charge on any atom is 0.337 e. The number of ether oxygens (including phenoxy) is 5. The number of fused-ring (bicyclic) bond motifs is 1. The predicted octanol–water partition coefficient (Wildman–Crippen LogP) is 15.7. The van der Waals surface area contributed by atoms with E-state index < -0.39 is 5.97 Å². The van der Waals surface area contributed by atoms with Crippen LogP contribution in [0.3, 0.4) is 0 Å². The van der Waals surface area contributed by atoms with Crippen LogP contribution >= 0.6 is 0 Å². The number of hydrogen-bond acceptors (Lipinski definition) is 8. The first-order valence-corrected chi connectivity index (χ1v) is 24.7. The Labute approximate surface area is 375 Å². The number of aromatic nitrogens is 2. The normalized spacial score (nSPS) is 11.2. The maximum atomic E-state index is 12.6. The molecular formula is C54H80N2O6. The second kappa shape index (κ2) is 30.7. The van der Waals surface area contributed by atoms with E-state index in [0.29, 0.717) is 60.2 Å². The van der Waals surface area contributed by atoms with Gasteiger partial charge in [0.2, 0.25) is 0 Å². The molecular weight excluding hydrogens is 773 g/mol. The molecule has 342 valence electrons. The lowest BCUT2D eigenvalue weighted by molar-refractivity contribution is 0.0601. The van der Waals surface area contributed by atoms with E-state index in [0.717, 1.165) is 79.7 Å². The van der Waals surface area contributed by atoms with Crippen molar-refractivity contribution in [2.45, 2.75) is 182 Å². The first-order valence-electron chi connectivity index (χ1n) is 24.7. The highest BCUT2D eigenvalue weighted by Crippen LogP contribution is 2.40. The van der Waals surface area contributed by atoms with E-state index in [4.69, 9.17) is 33.7 Å². The van der Waals surface area contributed by atoms with E-state index >= 15 is 0 Å². The van der Waals surface area contributed by atoms with Crippen LogP contribution < -0.4 is 18.9 Å². The summed E-state index contributed by atoms with van der Waals surface area (Å²) in [6, 6.07) is 17.6. The minimum absolute atomic E-state index is 0.416. The molecule has 0 amide bonds. The monoisotopic (exact) mass is 853 g/mol. The van der Waals surface area contributed by atoms with Gasteiger partial charge < -0.3 is 23.7 Å². The topological polar surface area (TPSA) is 89.0 Å². The molecule has 4 rings (SSSR count).